The highest BCUT2D eigenvalue weighted by atomic mass is 16.5. The molecule has 0 fully saturated rings. The molecule has 0 aromatic heterocycles. The Labute approximate surface area is 107 Å². The summed E-state index contributed by atoms with van der Waals surface area (Å²) in [6.07, 6.45) is -0.631. The molecule has 0 spiro atoms. The Morgan fingerprint density at radius 1 is 1.44 bits per heavy atom. The van der Waals surface area contributed by atoms with Crippen LogP contribution in [0.15, 0.2) is 24.3 Å². The van der Waals surface area contributed by atoms with Crippen LogP contribution in [0.2, 0.25) is 0 Å². The second kappa shape index (κ2) is 6.98. The lowest BCUT2D eigenvalue weighted by Gasteiger charge is -2.16. The van der Waals surface area contributed by atoms with Crippen LogP contribution in [0.3, 0.4) is 0 Å². The Morgan fingerprint density at radius 2 is 2.11 bits per heavy atom. The minimum atomic E-state index is -0.631. The number of para-hydroxylation sites is 1. The summed E-state index contributed by atoms with van der Waals surface area (Å²) in [5.74, 6) is -0.144. The first-order valence-electron chi connectivity index (χ1n) is 5.93. The van der Waals surface area contributed by atoms with Gasteiger partial charge < -0.3 is 20.9 Å². The van der Waals surface area contributed by atoms with E-state index in [1.54, 1.807) is 24.3 Å². The maximum absolute atomic E-state index is 11.1. The van der Waals surface area contributed by atoms with E-state index in [1.807, 2.05) is 13.8 Å². The lowest BCUT2D eigenvalue weighted by Crippen LogP contribution is -2.35. The summed E-state index contributed by atoms with van der Waals surface area (Å²) in [4.78, 5) is 11.1. The largest absolute Gasteiger partial charge is 0.490 e. The molecule has 5 nitrogen and oxygen atoms in total. The molecule has 0 heterocycles. The Kier molecular flexibility index (Phi) is 5.61. The molecule has 0 aliphatic carbocycles. The zero-order chi connectivity index (χ0) is 13.5. The Morgan fingerprint density at radius 3 is 2.72 bits per heavy atom. The maximum atomic E-state index is 11.1. The predicted molar refractivity (Wildman–Crippen MR) is 69.6 cm³/mol. The van der Waals surface area contributed by atoms with Gasteiger partial charge in [-0.1, -0.05) is 26.0 Å². The summed E-state index contributed by atoms with van der Waals surface area (Å²) in [6, 6.07) is 7.01. The van der Waals surface area contributed by atoms with E-state index in [0.29, 0.717) is 23.9 Å². The van der Waals surface area contributed by atoms with Gasteiger partial charge >= 0.3 is 0 Å². The van der Waals surface area contributed by atoms with Gasteiger partial charge in [-0.2, -0.15) is 0 Å². The number of aliphatic hydroxyl groups is 1. The first-order chi connectivity index (χ1) is 8.50. The highest BCUT2D eigenvalue weighted by Crippen LogP contribution is 2.17. The van der Waals surface area contributed by atoms with Gasteiger partial charge in [0, 0.05) is 12.6 Å². The quantitative estimate of drug-likeness (QED) is 0.660. The molecule has 1 rings (SSSR count). The van der Waals surface area contributed by atoms with Gasteiger partial charge in [-0.3, -0.25) is 4.79 Å². The molecule has 1 aromatic rings. The fourth-order valence-electron chi connectivity index (χ4n) is 1.41. The third-order valence-electron chi connectivity index (χ3n) is 2.35. The van der Waals surface area contributed by atoms with E-state index in [0.717, 1.165) is 0 Å². The number of ether oxygens (including phenoxy) is 1. The normalized spacial score (nSPS) is 12.4. The van der Waals surface area contributed by atoms with Crippen molar-refractivity contribution < 1.29 is 14.6 Å². The topological polar surface area (TPSA) is 84.6 Å². The number of amides is 1. The van der Waals surface area contributed by atoms with Crippen LogP contribution in [0.5, 0.6) is 5.75 Å². The molecular formula is C13H20N2O3. The Bertz CT molecular complexity index is 394. The molecule has 0 aliphatic heterocycles. The molecule has 1 atom stereocenters. The molecule has 1 amide bonds. The van der Waals surface area contributed by atoms with Gasteiger partial charge in [0.1, 0.15) is 18.5 Å². The van der Waals surface area contributed by atoms with E-state index >= 15 is 0 Å². The van der Waals surface area contributed by atoms with Crippen LogP contribution < -0.4 is 15.8 Å². The third kappa shape index (κ3) is 4.73. The van der Waals surface area contributed by atoms with Crippen LogP contribution in [0, 0.1) is 0 Å². The fourth-order valence-corrected chi connectivity index (χ4v) is 1.41. The molecule has 0 aliphatic rings. The summed E-state index contributed by atoms with van der Waals surface area (Å²) >= 11 is 0. The van der Waals surface area contributed by atoms with Crippen LogP contribution in [0.4, 0.5) is 0 Å². The highest BCUT2D eigenvalue weighted by molar-refractivity contribution is 5.95. The minimum absolute atomic E-state index is 0.115. The lowest BCUT2D eigenvalue weighted by molar-refractivity contribution is 0.0959. The third-order valence-corrected chi connectivity index (χ3v) is 2.35. The van der Waals surface area contributed by atoms with Crippen LogP contribution >= 0.6 is 0 Å². The molecule has 5 heteroatoms. The number of carbonyl (C=O) groups is 1. The second-order valence-corrected chi connectivity index (χ2v) is 4.39. The molecule has 0 radical (unpaired) electrons. The first kappa shape index (κ1) is 14.5. The van der Waals surface area contributed by atoms with Crippen LogP contribution in [0.25, 0.3) is 0 Å². The Balaban J connectivity index is 2.50. The molecule has 0 bridgehead atoms. The molecule has 100 valence electrons. The van der Waals surface area contributed by atoms with Gasteiger partial charge in [-0.25, -0.2) is 0 Å². The van der Waals surface area contributed by atoms with Crippen LogP contribution in [0.1, 0.15) is 24.2 Å². The van der Waals surface area contributed by atoms with Gasteiger partial charge in [-0.15, -0.1) is 0 Å². The average molecular weight is 252 g/mol. The van der Waals surface area contributed by atoms with Gasteiger partial charge in [0.25, 0.3) is 5.91 Å². The average Bonchev–Trinajstić information content (AvgIpc) is 2.34. The number of benzene rings is 1. The van der Waals surface area contributed by atoms with Crippen molar-refractivity contribution in [3.63, 3.8) is 0 Å². The molecule has 0 saturated carbocycles. The minimum Gasteiger partial charge on any atom is -0.490 e. The van der Waals surface area contributed by atoms with Crippen molar-refractivity contribution >= 4 is 5.91 Å². The maximum Gasteiger partial charge on any atom is 0.252 e. The van der Waals surface area contributed by atoms with Crippen molar-refractivity contribution in [2.75, 3.05) is 13.2 Å². The van der Waals surface area contributed by atoms with E-state index in [1.165, 1.54) is 0 Å². The van der Waals surface area contributed by atoms with Crippen LogP contribution in [-0.2, 0) is 0 Å². The second-order valence-electron chi connectivity index (χ2n) is 4.39. The summed E-state index contributed by atoms with van der Waals surface area (Å²) in [7, 11) is 0. The van der Waals surface area contributed by atoms with Crippen molar-refractivity contribution in [1.29, 1.82) is 0 Å². The van der Waals surface area contributed by atoms with Crippen molar-refractivity contribution in [2.45, 2.75) is 26.0 Å². The van der Waals surface area contributed by atoms with Gasteiger partial charge in [-0.05, 0) is 12.1 Å². The molecule has 4 N–H and O–H groups in total. The van der Waals surface area contributed by atoms with Gasteiger partial charge in [0.15, 0.2) is 0 Å². The van der Waals surface area contributed by atoms with Crippen molar-refractivity contribution in [3.8, 4) is 5.75 Å². The Hall–Kier alpha value is -1.59. The van der Waals surface area contributed by atoms with E-state index in [2.05, 4.69) is 5.32 Å². The number of nitrogens with one attached hydrogen (secondary N) is 1. The summed E-state index contributed by atoms with van der Waals surface area (Å²) in [5.41, 5.74) is 5.55. The summed E-state index contributed by atoms with van der Waals surface area (Å²) < 4.78 is 5.40. The van der Waals surface area contributed by atoms with Gasteiger partial charge in [0.05, 0.1) is 5.56 Å². The first-order valence-corrected chi connectivity index (χ1v) is 5.93. The standard InChI is InChI=1S/C13H20N2O3/c1-9(2)15-7-10(16)8-18-12-6-4-3-5-11(12)13(14)17/h3-6,9-10,15-16H,7-8H2,1-2H3,(H2,14,17). The van der Waals surface area contributed by atoms with Gasteiger partial charge in [0.2, 0.25) is 0 Å². The zero-order valence-electron chi connectivity index (χ0n) is 10.7. The molecule has 0 saturated heterocycles. The number of primary amides is 1. The molecule has 1 aromatic carbocycles. The fraction of sp³-hybridized carbons (Fsp3) is 0.462. The lowest BCUT2D eigenvalue weighted by atomic mass is 10.2. The van der Waals surface area contributed by atoms with E-state index < -0.39 is 12.0 Å². The number of nitrogens with two attached hydrogens (primary N) is 1. The number of carbonyl (C=O) groups excluding carboxylic acids is 1. The van der Waals surface area contributed by atoms with E-state index in [4.69, 9.17) is 10.5 Å². The summed E-state index contributed by atoms with van der Waals surface area (Å²) in [5, 5.41) is 12.8. The van der Waals surface area contributed by atoms with Crippen molar-refractivity contribution in [1.82, 2.24) is 5.32 Å². The molecule has 1 unspecified atom stereocenters. The smallest absolute Gasteiger partial charge is 0.252 e. The van der Waals surface area contributed by atoms with Crippen LogP contribution in [-0.4, -0.2) is 36.3 Å². The number of hydrogen-bond donors (Lipinski definition) is 3. The number of aliphatic hydroxyl groups excluding tert-OH is 1. The summed E-state index contributed by atoms with van der Waals surface area (Å²) in [6.45, 7) is 4.55. The van der Waals surface area contributed by atoms with E-state index in [9.17, 15) is 9.90 Å². The van der Waals surface area contributed by atoms with Crippen molar-refractivity contribution in [3.05, 3.63) is 29.8 Å². The number of hydrogen-bond acceptors (Lipinski definition) is 4. The highest BCUT2D eigenvalue weighted by Gasteiger charge is 2.11. The predicted octanol–water partition coefficient (Wildman–Crippen LogP) is 0.523. The molecular weight excluding hydrogens is 232 g/mol. The number of rotatable bonds is 7. The SMILES string of the molecule is CC(C)NCC(O)COc1ccccc1C(N)=O. The zero-order valence-corrected chi connectivity index (χ0v) is 10.7. The monoisotopic (exact) mass is 252 g/mol. The van der Waals surface area contributed by atoms with E-state index in [-0.39, 0.29) is 6.61 Å². The molecule has 18 heavy (non-hydrogen) atoms. The van der Waals surface area contributed by atoms with Crippen molar-refractivity contribution in [2.24, 2.45) is 5.73 Å².